The lowest BCUT2D eigenvalue weighted by molar-refractivity contribution is -0.113. The van der Waals surface area contributed by atoms with Gasteiger partial charge in [0.2, 0.25) is 5.91 Å². The highest BCUT2D eigenvalue weighted by molar-refractivity contribution is 14.1. The second-order valence-electron chi connectivity index (χ2n) is 7.93. The Morgan fingerprint density at radius 2 is 1.82 bits per heavy atom. The smallest absolute Gasteiger partial charge is 0.234 e. The van der Waals surface area contributed by atoms with E-state index in [1.165, 1.54) is 17.3 Å². The van der Waals surface area contributed by atoms with Crippen molar-refractivity contribution in [3.8, 4) is 22.8 Å². The normalized spacial score (nSPS) is 11.0. The van der Waals surface area contributed by atoms with Gasteiger partial charge < -0.3 is 10.1 Å². The maximum atomic E-state index is 12.7. The van der Waals surface area contributed by atoms with E-state index in [2.05, 4.69) is 64.1 Å². The van der Waals surface area contributed by atoms with Crippen molar-refractivity contribution in [3.63, 3.8) is 0 Å². The summed E-state index contributed by atoms with van der Waals surface area (Å²) in [5.74, 6) is 1.93. The van der Waals surface area contributed by atoms with Gasteiger partial charge in [-0.3, -0.25) is 9.36 Å². The van der Waals surface area contributed by atoms with Crippen LogP contribution in [0.2, 0.25) is 0 Å². The molecule has 0 saturated heterocycles. The number of rotatable bonds is 8. The molecular formula is C26H25IN4O2S. The lowest BCUT2D eigenvalue weighted by Crippen LogP contribution is -2.14. The molecule has 4 aromatic rings. The highest BCUT2D eigenvalue weighted by atomic mass is 127. The Hall–Kier alpha value is -2.85. The summed E-state index contributed by atoms with van der Waals surface area (Å²) in [6, 6.07) is 23.7. The fourth-order valence-electron chi connectivity index (χ4n) is 3.58. The number of carbonyl (C=O) groups excluding carboxylic acids is 1. The average Bonchev–Trinajstić information content (AvgIpc) is 3.26. The van der Waals surface area contributed by atoms with Crippen LogP contribution >= 0.6 is 34.4 Å². The Kier molecular flexibility index (Phi) is 7.89. The van der Waals surface area contributed by atoms with Crippen LogP contribution in [-0.2, 0) is 4.79 Å². The third-order valence-electron chi connectivity index (χ3n) is 5.22. The number of halogens is 1. The maximum absolute atomic E-state index is 12.7. The number of para-hydroxylation sites is 1. The molecule has 3 aromatic carbocycles. The van der Waals surface area contributed by atoms with E-state index in [1.807, 2.05) is 65.2 Å². The quantitative estimate of drug-likeness (QED) is 0.192. The molecule has 174 valence electrons. The van der Waals surface area contributed by atoms with Crippen molar-refractivity contribution in [1.82, 2.24) is 14.8 Å². The minimum absolute atomic E-state index is 0.0929. The second kappa shape index (κ2) is 11.1. The monoisotopic (exact) mass is 584 g/mol. The number of aromatic nitrogens is 3. The van der Waals surface area contributed by atoms with Crippen LogP contribution in [0.5, 0.6) is 5.75 Å². The Balaban J connectivity index is 1.67. The molecule has 0 aliphatic carbocycles. The fraction of sp³-hybridized carbons (Fsp3) is 0.192. The van der Waals surface area contributed by atoms with Crippen LogP contribution in [0.15, 0.2) is 78.0 Å². The molecular weight excluding hydrogens is 559 g/mol. The Bertz CT molecular complexity index is 1290. The number of benzene rings is 3. The van der Waals surface area contributed by atoms with Gasteiger partial charge in [-0.15, -0.1) is 10.2 Å². The molecule has 0 aliphatic heterocycles. The van der Waals surface area contributed by atoms with Gasteiger partial charge in [-0.2, -0.15) is 0 Å². The van der Waals surface area contributed by atoms with Crippen molar-refractivity contribution >= 4 is 45.9 Å². The van der Waals surface area contributed by atoms with Crippen LogP contribution in [-0.4, -0.2) is 33.5 Å². The summed E-state index contributed by atoms with van der Waals surface area (Å²) >= 11 is 3.60. The molecule has 0 atom stereocenters. The Morgan fingerprint density at radius 1 is 1.06 bits per heavy atom. The molecule has 0 bridgehead atoms. The molecule has 6 nitrogen and oxygen atoms in total. The molecule has 0 aliphatic rings. The number of anilines is 1. The number of hydrogen-bond donors (Lipinski definition) is 1. The van der Waals surface area contributed by atoms with E-state index in [9.17, 15) is 4.79 Å². The molecule has 0 unspecified atom stereocenters. The predicted molar refractivity (Wildman–Crippen MR) is 146 cm³/mol. The van der Waals surface area contributed by atoms with Crippen molar-refractivity contribution in [2.75, 3.05) is 18.2 Å². The molecule has 1 heterocycles. The Labute approximate surface area is 217 Å². The van der Waals surface area contributed by atoms with Crippen molar-refractivity contribution < 1.29 is 9.53 Å². The van der Waals surface area contributed by atoms with Gasteiger partial charge in [0.25, 0.3) is 0 Å². The number of nitrogens with one attached hydrogen (secondary N) is 1. The third-order valence-corrected chi connectivity index (χ3v) is 6.82. The van der Waals surface area contributed by atoms with Gasteiger partial charge in [-0.1, -0.05) is 49.9 Å². The van der Waals surface area contributed by atoms with E-state index in [1.54, 1.807) is 7.11 Å². The van der Waals surface area contributed by atoms with Crippen LogP contribution in [0.25, 0.3) is 17.1 Å². The first-order chi connectivity index (χ1) is 16.5. The van der Waals surface area contributed by atoms with Crippen molar-refractivity contribution in [3.05, 3.63) is 81.9 Å². The molecule has 1 amide bonds. The van der Waals surface area contributed by atoms with Gasteiger partial charge in [0.05, 0.1) is 18.6 Å². The van der Waals surface area contributed by atoms with E-state index >= 15 is 0 Å². The number of methoxy groups -OCH3 is 1. The molecule has 0 radical (unpaired) electrons. The Morgan fingerprint density at radius 3 is 2.53 bits per heavy atom. The zero-order chi connectivity index (χ0) is 24.1. The number of thioether (sulfide) groups is 1. The molecule has 8 heteroatoms. The standard InChI is InChI=1S/C26H25IN4O2S/c1-17(2)22-9-4-5-10-23(22)31-25(18-11-13-21(33-3)14-12-18)29-30-26(31)34-16-24(32)28-20-8-6-7-19(27)15-20/h4-15,17H,16H2,1-3H3,(H,28,32). The van der Waals surface area contributed by atoms with E-state index < -0.39 is 0 Å². The van der Waals surface area contributed by atoms with Gasteiger partial charge in [-0.05, 0) is 82.6 Å². The lowest BCUT2D eigenvalue weighted by atomic mass is 10.0. The van der Waals surface area contributed by atoms with E-state index in [0.29, 0.717) is 11.1 Å². The number of hydrogen-bond acceptors (Lipinski definition) is 5. The third kappa shape index (κ3) is 5.61. The summed E-state index contributed by atoms with van der Waals surface area (Å²) in [6.07, 6.45) is 0. The summed E-state index contributed by atoms with van der Waals surface area (Å²) in [5, 5.41) is 12.6. The highest BCUT2D eigenvalue weighted by Gasteiger charge is 2.20. The summed E-state index contributed by atoms with van der Waals surface area (Å²) in [5.41, 5.74) is 3.89. The number of carbonyl (C=O) groups is 1. The van der Waals surface area contributed by atoms with Crippen LogP contribution in [0.3, 0.4) is 0 Å². The largest absolute Gasteiger partial charge is 0.497 e. The average molecular weight is 584 g/mol. The number of nitrogens with zero attached hydrogens (tertiary/aromatic N) is 3. The molecule has 4 rings (SSSR count). The summed E-state index contributed by atoms with van der Waals surface area (Å²) in [4.78, 5) is 12.7. The molecule has 0 spiro atoms. The van der Waals surface area contributed by atoms with E-state index in [-0.39, 0.29) is 11.7 Å². The van der Waals surface area contributed by atoms with Crippen LogP contribution in [0.4, 0.5) is 5.69 Å². The van der Waals surface area contributed by atoms with Gasteiger partial charge in [0, 0.05) is 14.8 Å². The summed E-state index contributed by atoms with van der Waals surface area (Å²) in [7, 11) is 1.65. The van der Waals surface area contributed by atoms with Gasteiger partial charge >= 0.3 is 0 Å². The minimum atomic E-state index is -0.0929. The van der Waals surface area contributed by atoms with Crippen molar-refractivity contribution in [1.29, 1.82) is 0 Å². The number of ether oxygens (including phenoxy) is 1. The number of amides is 1. The zero-order valence-corrected chi connectivity index (χ0v) is 22.1. The van der Waals surface area contributed by atoms with Crippen molar-refractivity contribution in [2.45, 2.75) is 24.9 Å². The van der Waals surface area contributed by atoms with E-state index in [0.717, 1.165) is 32.1 Å². The SMILES string of the molecule is COc1ccc(-c2nnc(SCC(=O)Nc3cccc(I)c3)n2-c2ccccc2C(C)C)cc1. The molecule has 34 heavy (non-hydrogen) atoms. The first-order valence-corrected chi connectivity index (χ1v) is 12.9. The van der Waals surface area contributed by atoms with Crippen LogP contribution < -0.4 is 10.1 Å². The zero-order valence-electron chi connectivity index (χ0n) is 19.2. The highest BCUT2D eigenvalue weighted by Crippen LogP contribution is 2.32. The van der Waals surface area contributed by atoms with Crippen molar-refractivity contribution in [2.24, 2.45) is 0 Å². The first-order valence-electron chi connectivity index (χ1n) is 10.8. The topological polar surface area (TPSA) is 69.0 Å². The van der Waals surface area contributed by atoms with Crippen LogP contribution in [0.1, 0.15) is 25.3 Å². The molecule has 1 aromatic heterocycles. The van der Waals surface area contributed by atoms with Gasteiger partial charge in [0.1, 0.15) is 5.75 Å². The first kappa shape index (κ1) is 24.3. The molecule has 0 saturated carbocycles. The second-order valence-corrected chi connectivity index (χ2v) is 10.1. The van der Waals surface area contributed by atoms with Gasteiger partial charge in [0.15, 0.2) is 11.0 Å². The predicted octanol–water partition coefficient (Wildman–Crippen LogP) is 6.40. The fourth-order valence-corrected chi connectivity index (χ4v) is 4.87. The van der Waals surface area contributed by atoms with Gasteiger partial charge in [-0.25, -0.2) is 0 Å². The summed E-state index contributed by atoms with van der Waals surface area (Å²) < 4.78 is 8.41. The van der Waals surface area contributed by atoms with E-state index in [4.69, 9.17) is 4.74 Å². The maximum Gasteiger partial charge on any atom is 0.234 e. The van der Waals surface area contributed by atoms with Crippen LogP contribution in [0, 0.1) is 3.57 Å². The summed E-state index contributed by atoms with van der Waals surface area (Å²) in [6.45, 7) is 4.33. The minimum Gasteiger partial charge on any atom is -0.497 e. The lowest BCUT2D eigenvalue weighted by Gasteiger charge is -2.17. The molecule has 0 fully saturated rings. The molecule has 1 N–H and O–H groups in total.